The second kappa shape index (κ2) is 2.73. The highest BCUT2D eigenvalue weighted by molar-refractivity contribution is 5.93. The lowest BCUT2D eigenvalue weighted by atomic mass is 10.3. The molecule has 1 aliphatic heterocycles. The molecule has 0 bridgehead atoms. The highest BCUT2D eigenvalue weighted by Crippen LogP contribution is 2.28. The molecule has 2 rings (SSSR count). The van der Waals surface area contributed by atoms with Crippen LogP contribution in [0.25, 0.3) is 0 Å². The highest BCUT2D eigenvalue weighted by Gasteiger charge is 2.36. The number of alkyl halides is 3. The number of aromatic nitrogens is 2. The molecule has 0 radical (unpaired) electrons. The standard InChI is InChI=1S/C7H6F3N3O/c8-7(9,10)5-3-4-6(14)11-1-2-13(4)12-5/h3H,1-2H2,(H,11,14). The number of carbonyl (C=O) groups excluding carboxylic acids is 1. The van der Waals surface area contributed by atoms with Gasteiger partial charge in [-0.1, -0.05) is 0 Å². The summed E-state index contributed by atoms with van der Waals surface area (Å²) in [5.41, 5.74) is -1.06. The fourth-order valence-corrected chi connectivity index (χ4v) is 1.27. The predicted molar refractivity (Wildman–Crippen MR) is 39.6 cm³/mol. The summed E-state index contributed by atoms with van der Waals surface area (Å²) in [5, 5.41) is 5.74. The lowest BCUT2D eigenvalue weighted by Gasteiger charge is -2.13. The number of carbonyl (C=O) groups is 1. The highest BCUT2D eigenvalue weighted by atomic mass is 19.4. The number of nitrogens with one attached hydrogen (secondary N) is 1. The Morgan fingerprint density at radius 1 is 1.50 bits per heavy atom. The third-order valence-electron chi connectivity index (χ3n) is 1.91. The van der Waals surface area contributed by atoms with E-state index in [1.807, 2.05) is 0 Å². The SMILES string of the molecule is O=C1NCCn2nc(C(F)(F)F)cc21. The van der Waals surface area contributed by atoms with Crippen LogP contribution in [0.2, 0.25) is 0 Å². The van der Waals surface area contributed by atoms with E-state index < -0.39 is 17.8 Å². The van der Waals surface area contributed by atoms with Crippen LogP contribution in [0, 0.1) is 0 Å². The first-order valence-corrected chi connectivity index (χ1v) is 3.92. The van der Waals surface area contributed by atoms with Gasteiger partial charge in [0.05, 0.1) is 6.54 Å². The first-order valence-electron chi connectivity index (χ1n) is 3.92. The van der Waals surface area contributed by atoms with Gasteiger partial charge < -0.3 is 5.32 Å². The van der Waals surface area contributed by atoms with Gasteiger partial charge >= 0.3 is 6.18 Å². The van der Waals surface area contributed by atoms with Crippen molar-refractivity contribution >= 4 is 5.91 Å². The number of nitrogens with zero attached hydrogens (tertiary/aromatic N) is 2. The minimum atomic E-state index is -4.50. The van der Waals surface area contributed by atoms with Gasteiger partial charge in [0.1, 0.15) is 5.69 Å². The summed E-state index contributed by atoms with van der Waals surface area (Å²) in [4.78, 5) is 11.1. The van der Waals surface area contributed by atoms with Crippen LogP contribution in [0.4, 0.5) is 13.2 Å². The molecule has 7 heteroatoms. The Balaban J connectivity index is 2.45. The van der Waals surface area contributed by atoms with Gasteiger partial charge in [-0.25, -0.2) is 0 Å². The van der Waals surface area contributed by atoms with Crippen molar-refractivity contribution in [1.82, 2.24) is 15.1 Å². The van der Waals surface area contributed by atoms with Gasteiger partial charge in [-0.3, -0.25) is 9.48 Å². The quantitative estimate of drug-likeness (QED) is 0.675. The van der Waals surface area contributed by atoms with E-state index in [9.17, 15) is 18.0 Å². The molecule has 1 aromatic heterocycles. The van der Waals surface area contributed by atoms with Crippen molar-refractivity contribution in [2.45, 2.75) is 12.7 Å². The first kappa shape index (κ1) is 9.04. The van der Waals surface area contributed by atoms with E-state index in [1.165, 1.54) is 0 Å². The van der Waals surface area contributed by atoms with E-state index in [0.717, 1.165) is 10.7 Å². The third kappa shape index (κ3) is 1.34. The zero-order valence-electron chi connectivity index (χ0n) is 6.93. The normalized spacial score (nSPS) is 16.4. The first-order chi connectivity index (χ1) is 6.48. The largest absolute Gasteiger partial charge is 0.435 e. The number of amides is 1. The molecule has 0 spiro atoms. The molecule has 76 valence electrons. The van der Waals surface area contributed by atoms with Crippen molar-refractivity contribution in [3.63, 3.8) is 0 Å². The van der Waals surface area contributed by atoms with E-state index in [1.54, 1.807) is 0 Å². The van der Waals surface area contributed by atoms with Gasteiger partial charge in [0.2, 0.25) is 0 Å². The maximum Gasteiger partial charge on any atom is 0.435 e. The van der Waals surface area contributed by atoms with Crippen LogP contribution >= 0.6 is 0 Å². The molecular weight excluding hydrogens is 199 g/mol. The summed E-state index contributed by atoms with van der Waals surface area (Å²) in [5.74, 6) is -0.515. The topological polar surface area (TPSA) is 46.9 Å². The molecule has 1 N–H and O–H groups in total. The van der Waals surface area contributed by atoms with Crippen molar-refractivity contribution in [2.75, 3.05) is 6.54 Å². The molecule has 0 atom stereocenters. The average Bonchev–Trinajstić information content (AvgIpc) is 2.48. The minimum Gasteiger partial charge on any atom is -0.349 e. The molecule has 2 heterocycles. The van der Waals surface area contributed by atoms with Crippen molar-refractivity contribution in [3.05, 3.63) is 17.5 Å². The van der Waals surface area contributed by atoms with Gasteiger partial charge in [-0.05, 0) is 0 Å². The molecule has 1 aliphatic rings. The van der Waals surface area contributed by atoms with Crippen molar-refractivity contribution < 1.29 is 18.0 Å². The maximum absolute atomic E-state index is 12.2. The summed E-state index contributed by atoms with van der Waals surface area (Å²) in [6, 6.07) is 0.758. The molecule has 14 heavy (non-hydrogen) atoms. The van der Waals surface area contributed by atoms with Crippen LogP contribution in [-0.2, 0) is 12.7 Å². The summed E-state index contributed by atoms with van der Waals surface area (Å²) in [6.07, 6.45) is -4.50. The van der Waals surface area contributed by atoms with Crippen molar-refractivity contribution in [2.24, 2.45) is 0 Å². The third-order valence-corrected chi connectivity index (χ3v) is 1.91. The second-order valence-corrected chi connectivity index (χ2v) is 2.89. The monoisotopic (exact) mass is 205 g/mol. The van der Waals surface area contributed by atoms with Gasteiger partial charge in [0.25, 0.3) is 5.91 Å². The Labute approximate surface area is 76.7 Å². The van der Waals surface area contributed by atoms with E-state index >= 15 is 0 Å². The van der Waals surface area contributed by atoms with Crippen molar-refractivity contribution in [3.8, 4) is 0 Å². The summed E-state index contributed by atoms with van der Waals surface area (Å²) in [7, 11) is 0. The summed E-state index contributed by atoms with van der Waals surface area (Å²) >= 11 is 0. The number of hydrogen-bond donors (Lipinski definition) is 1. The van der Waals surface area contributed by atoms with E-state index in [4.69, 9.17) is 0 Å². The Morgan fingerprint density at radius 3 is 2.79 bits per heavy atom. The zero-order valence-corrected chi connectivity index (χ0v) is 6.93. The maximum atomic E-state index is 12.2. The molecule has 0 aliphatic carbocycles. The van der Waals surface area contributed by atoms with Gasteiger partial charge in [-0.15, -0.1) is 0 Å². The molecule has 4 nitrogen and oxygen atoms in total. The van der Waals surface area contributed by atoms with Gasteiger partial charge in [0, 0.05) is 12.6 Å². The molecule has 0 unspecified atom stereocenters. The van der Waals surface area contributed by atoms with Crippen LogP contribution in [0.15, 0.2) is 6.07 Å². The fourth-order valence-electron chi connectivity index (χ4n) is 1.27. The lowest BCUT2D eigenvalue weighted by molar-refractivity contribution is -0.141. The Kier molecular flexibility index (Phi) is 1.76. The smallest absolute Gasteiger partial charge is 0.349 e. The molecule has 1 aromatic rings. The number of fused-ring (bicyclic) bond motifs is 1. The molecule has 0 fully saturated rings. The number of rotatable bonds is 0. The number of halogens is 3. The van der Waals surface area contributed by atoms with Crippen molar-refractivity contribution in [1.29, 1.82) is 0 Å². The zero-order chi connectivity index (χ0) is 10.3. The van der Waals surface area contributed by atoms with Crippen LogP contribution in [0.1, 0.15) is 16.2 Å². The molecule has 0 aromatic carbocycles. The van der Waals surface area contributed by atoms with E-state index in [0.29, 0.717) is 6.54 Å². The Hall–Kier alpha value is -1.53. The molecule has 0 saturated carbocycles. The average molecular weight is 205 g/mol. The minimum absolute atomic E-state index is 0.0384. The van der Waals surface area contributed by atoms with E-state index in [-0.39, 0.29) is 12.2 Å². The Morgan fingerprint density at radius 2 is 2.21 bits per heavy atom. The summed E-state index contributed by atoms with van der Waals surface area (Å²) in [6.45, 7) is 0.585. The Bertz CT molecular complexity index is 382. The van der Waals surface area contributed by atoms with Crippen LogP contribution < -0.4 is 5.32 Å². The van der Waals surface area contributed by atoms with Crippen LogP contribution in [0.3, 0.4) is 0 Å². The molecule has 1 amide bonds. The van der Waals surface area contributed by atoms with Gasteiger partial charge in [0.15, 0.2) is 5.69 Å². The second-order valence-electron chi connectivity index (χ2n) is 2.89. The molecule has 0 saturated heterocycles. The summed E-state index contributed by atoms with van der Waals surface area (Å²) < 4.78 is 37.7. The lowest BCUT2D eigenvalue weighted by Crippen LogP contribution is -2.35. The van der Waals surface area contributed by atoms with Crippen LogP contribution in [0.5, 0.6) is 0 Å². The number of hydrogen-bond acceptors (Lipinski definition) is 2. The van der Waals surface area contributed by atoms with E-state index in [2.05, 4.69) is 10.4 Å². The predicted octanol–water partition coefficient (Wildman–Crippen LogP) is 0.645. The molecular formula is C7H6F3N3O. The van der Waals surface area contributed by atoms with Crippen LogP contribution in [-0.4, -0.2) is 22.2 Å². The van der Waals surface area contributed by atoms with Gasteiger partial charge in [-0.2, -0.15) is 18.3 Å². The fraction of sp³-hybridized carbons (Fsp3) is 0.429.